The topological polar surface area (TPSA) is 54.1 Å². The van der Waals surface area contributed by atoms with E-state index < -0.39 is 0 Å². The molecule has 0 saturated carbocycles. The Morgan fingerprint density at radius 2 is 2.40 bits per heavy atom. The maximum Gasteiger partial charge on any atom is 0.304 e. The lowest BCUT2D eigenvalue weighted by Crippen LogP contribution is -2.21. The maximum atomic E-state index is 11.1. The highest BCUT2D eigenvalue weighted by molar-refractivity contribution is 9.10. The molecule has 0 bridgehead atoms. The van der Waals surface area contributed by atoms with Crippen LogP contribution in [0.1, 0.15) is 30.1 Å². The molecule has 1 aliphatic rings. The van der Waals surface area contributed by atoms with Crippen LogP contribution in [0.4, 0.5) is 0 Å². The molecule has 0 spiro atoms. The van der Waals surface area contributed by atoms with Crippen molar-refractivity contribution in [2.75, 3.05) is 6.61 Å². The van der Waals surface area contributed by atoms with Gasteiger partial charge < -0.3 is 15.0 Å². The van der Waals surface area contributed by atoms with Crippen LogP contribution in [-0.2, 0) is 6.54 Å². The molecule has 2 aromatic rings. The molecule has 1 aromatic carbocycles. The summed E-state index contributed by atoms with van der Waals surface area (Å²) in [6.45, 7) is 1.41. The summed E-state index contributed by atoms with van der Waals surface area (Å²) in [6.07, 6.45) is 2.05. The van der Waals surface area contributed by atoms with Gasteiger partial charge >= 0.3 is 4.87 Å². The minimum Gasteiger partial charge on any atom is -0.493 e. The first-order valence-electron chi connectivity index (χ1n) is 6.55. The molecule has 1 unspecified atom stereocenters. The number of thiazole rings is 1. The lowest BCUT2D eigenvalue weighted by molar-refractivity contribution is 0.315. The number of aromatic amines is 1. The monoisotopic (exact) mass is 354 g/mol. The van der Waals surface area contributed by atoms with Crippen molar-refractivity contribution in [1.82, 2.24) is 10.3 Å². The van der Waals surface area contributed by atoms with Crippen molar-refractivity contribution in [2.45, 2.75) is 25.4 Å². The number of rotatable bonds is 3. The van der Waals surface area contributed by atoms with Crippen LogP contribution in [0.5, 0.6) is 5.75 Å². The van der Waals surface area contributed by atoms with E-state index in [2.05, 4.69) is 32.3 Å². The van der Waals surface area contributed by atoms with Crippen molar-refractivity contribution in [3.63, 3.8) is 0 Å². The molecule has 1 aromatic heterocycles. The first-order chi connectivity index (χ1) is 9.72. The van der Waals surface area contributed by atoms with Crippen LogP contribution in [0, 0.1) is 0 Å². The Morgan fingerprint density at radius 3 is 3.20 bits per heavy atom. The van der Waals surface area contributed by atoms with E-state index in [0.717, 1.165) is 35.4 Å². The standard InChI is InChI=1S/C14H15BrN2O2S/c15-9-3-4-11-12(2-1-5-19-13(11)6-9)16-7-10-8-20-14(18)17-10/h3-4,6,8,12,16H,1-2,5,7H2,(H,17,18). The molecule has 1 atom stereocenters. The largest absolute Gasteiger partial charge is 0.493 e. The van der Waals surface area contributed by atoms with Crippen molar-refractivity contribution < 1.29 is 4.74 Å². The molecule has 0 fully saturated rings. The van der Waals surface area contributed by atoms with Crippen LogP contribution in [0.15, 0.2) is 32.8 Å². The molecular weight excluding hydrogens is 340 g/mol. The van der Waals surface area contributed by atoms with Gasteiger partial charge in [0.15, 0.2) is 0 Å². The summed E-state index contributed by atoms with van der Waals surface area (Å²) in [5.41, 5.74) is 2.12. The SMILES string of the molecule is O=c1[nH]c(CNC2CCCOc3cc(Br)ccc32)cs1. The normalized spacial score (nSPS) is 18.1. The third-order valence-electron chi connectivity index (χ3n) is 3.36. The van der Waals surface area contributed by atoms with Crippen LogP contribution < -0.4 is 14.9 Å². The van der Waals surface area contributed by atoms with Gasteiger partial charge in [0.05, 0.1) is 6.61 Å². The molecule has 2 N–H and O–H groups in total. The lowest BCUT2D eigenvalue weighted by Gasteiger charge is -2.18. The van der Waals surface area contributed by atoms with Crippen molar-refractivity contribution in [2.24, 2.45) is 0 Å². The fourth-order valence-electron chi connectivity index (χ4n) is 2.39. The van der Waals surface area contributed by atoms with Crippen LogP contribution >= 0.6 is 27.3 Å². The summed E-state index contributed by atoms with van der Waals surface area (Å²) in [6, 6.07) is 6.40. The Morgan fingerprint density at radius 1 is 1.50 bits per heavy atom. The Hall–Kier alpha value is -1.11. The molecule has 106 valence electrons. The summed E-state index contributed by atoms with van der Waals surface area (Å²) in [7, 11) is 0. The lowest BCUT2D eigenvalue weighted by atomic mass is 10.0. The van der Waals surface area contributed by atoms with Crippen LogP contribution in [0.2, 0.25) is 0 Å². The van der Waals surface area contributed by atoms with E-state index in [9.17, 15) is 4.79 Å². The first-order valence-corrected chi connectivity index (χ1v) is 8.22. The highest BCUT2D eigenvalue weighted by Crippen LogP contribution is 2.33. The molecule has 20 heavy (non-hydrogen) atoms. The number of benzene rings is 1. The van der Waals surface area contributed by atoms with Gasteiger partial charge in [-0.15, -0.1) is 0 Å². The van der Waals surface area contributed by atoms with Gasteiger partial charge in [-0.3, -0.25) is 4.79 Å². The van der Waals surface area contributed by atoms with E-state index in [1.807, 2.05) is 17.5 Å². The number of nitrogens with one attached hydrogen (secondary N) is 2. The Kier molecular flexibility index (Phi) is 4.24. The van der Waals surface area contributed by atoms with Crippen LogP contribution in [-0.4, -0.2) is 11.6 Å². The third kappa shape index (κ3) is 3.13. The number of fused-ring (bicyclic) bond motifs is 1. The Balaban J connectivity index is 1.77. The molecule has 0 saturated heterocycles. The molecule has 2 heterocycles. The molecular formula is C14H15BrN2O2S. The molecule has 1 aliphatic heterocycles. The van der Waals surface area contributed by atoms with E-state index in [1.165, 1.54) is 16.9 Å². The van der Waals surface area contributed by atoms with E-state index in [-0.39, 0.29) is 10.9 Å². The van der Waals surface area contributed by atoms with Gasteiger partial charge in [-0.2, -0.15) is 0 Å². The zero-order valence-corrected chi connectivity index (χ0v) is 13.2. The van der Waals surface area contributed by atoms with Gasteiger partial charge in [0, 0.05) is 33.7 Å². The fraction of sp³-hybridized carbons (Fsp3) is 0.357. The minimum absolute atomic E-state index is 0.00432. The van der Waals surface area contributed by atoms with Gasteiger partial charge in [-0.1, -0.05) is 33.3 Å². The van der Waals surface area contributed by atoms with Crippen molar-refractivity contribution in [3.8, 4) is 5.75 Å². The third-order valence-corrected chi connectivity index (χ3v) is 4.57. The summed E-state index contributed by atoms with van der Waals surface area (Å²) < 4.78 is 6.82. The molecule has 4 nitrogen and oxygen atoms in total. The van der Waals surface area contributed by atoms with Crippen molar-refractivity contribution in [3.05, 3.63) is 49.0 Å². The number of H-pyrrole nitrogens is 1. The number of hydrogen-bond donors (Lipinski definition) is 2. The molecule has 3 rings (SSSR count). The second-order valence-corrected chi connectivity index (χ2v) is 6.54. The second-order valence-electron chi connectivity index (χ2n) is 4.78. The van der Waals surface area contributed by atoms with Gasteiger partial charge in [0.2, 0.25) is 0 Å². The van der Waals surface area contributed by atoms with Gasteiger partial charge in [-0.05, 0) is 25.0 Å². The van der Waals surface area contributed by atoms with Crippen LogP contribution in [0.3, 0.4) is 0 Å². The van der Waals surface area contributed by atoms with Gasteiger partial charge in [-0.25, -0.2) is 0 Å². The maximum absolute atomic E-state index is 11.1. The predicted molar refractivity (Wildman–Crippen MR) is 83.4 cm³/mol. The quantitative estimate of drug-likeness (QED) is 0.889. The molecule has 6 heteroatoms. The summed E-state index contributed by atoms with van der Waals surface area (Å²) in [5, 5.41) is 5.37. The van der Waals surface area contributed by atoms with E-state index >= 15 is 0 Å². The fourth-order valence-corrected chi connectivity index (χ4v) is 3.31. The van der Waals surface area contributed by atoms with Gasteiger partial charge in [0.1, 0.15) is 5.75 Å². The number of halogens is 1. The van der Waals surface area contributed by atoms with Gasteiger partial charge in [0.25, 0.3) is 0 Å². The summed E-state index contributed by atoms with van der Waals surface area (Å²) in [4.78, 5) is 14.0. The zero-order valence-electron chi connectivity index (χ0n) is 10.8. The number of ether oxygens (including phenoxy) is 1. The highest BCUT2D eigenvalue weighted by atomic mass is 79.9. The average molecular weight is 355 g/mol. The van der Waals surface area contributed by atoms with Crippen molar-refractivity contribution >= 4 is 27.3 Å². The van der Waals surface area contributed by atoms with E-state index in [4.69, 9.17) is 4.74 Å². The van der Waals surface area contributed by atoms with Crippen LogP contribution in [0.25, 0.3) is 0 Å². The highest BCUT2D eigenvalue weighted by Gasteiger charge is 2.19. The first kappa shape index (κ1) is 13.9. The number of aromatic nitrogens is 1. The summed E-state index contributed by atoms with van der Waals surface area (Å²) >= 11 is 4.68. The number of hydrogen-bond acceptors (Lipinski definition) is 4. The zero-order chi connectivity index (χ0) is 13.9. The Labute approximate surface area is 129 Å². The summed E-state index contributed by atoms with van der Waals surface area (Å²) in [5.74, 6) is 0.938. The molecule has 0 aliphatic carbocycles. The molecule has 0 amide bonds. The molecule has 0 radical (unpaired) electrons. The smallest absolute Gasteiger partial charge is 0.304 e. The van der Waals surface area contributed by atoms with E-state index in [0.29, 0.717) is 6.54 Å². The second kappa shape index (κ2) is 6.11. The Bertz CT molecular complexity index is 653. The average Bonchev–Trinajstić information content (AvgIpc) is 2.74. The van der Waals surface area contributed by atoms with E-state index in [1.54, 1.807) is 0 Å². The predicted octanol–water partition coefficient (Wildman–Crippen LogP) is 3.20. The van der Waals surface area contributed by atoms with Crippen molar-refractivity contribution in [1.29, 1.82) is 0 Å². The minimum atomic E-state index is -0.00432.